The van der Waals surface area contributed by atoms with Crippen molar-refractivity contribution < 1.29 is 9.53 Å². The van der Waals surface area contributed by atoms with Crippen LogP contribution >= 0.6 is 0 Å². The summed E-state index contributed by atoms with van der Waals surface area (Å²) >= 11 is 0. The lowest BCUT2D eigenvalue weighted by molar-refractivity contribution is -0.119. The van der Waals surface area contributed by atoms with Gasteiger partial charge in [0.15, 0.2) is 0 Å². The quantitative estimate of drug-likeness (QED) is 0.862. The third kappa shape index (κ3) is 4.81. The topological polar surface area (TPSA) is 50.4 Å². The molecule has 1 amide bonds. The normalized spacial score (nSPS) is 10.1. The maximum atomic E-state index is 11.9. The zero-order valence-electron chi connectivity index (χ0n) is 13.3. The largest absolute Gasteiger partial charge is 0.497 e. The molecule has 0 saturated carbocycles. The summed E-state index contributed by atoms with van der Waals surface area (Å²) in [5.41, 5.74) is 4.34. The molecule has 0 fully saturated rings. The van der Waals surface area contributed by atoms with E-state index < -0.39 is 0 Å². The van der Waals surface area contributed by atoms with Gasteiger partial charge in [-0.05, 0) is 54.8 Å². The first-order chi connectivity index (χ1) is 10.6. The fourth-order valence-electron chi connectivity index (χ4n) is 2.30. The molecule has 0 aliphatic heterocycles. The highest BCUT2D eigenvalue weighted by molar-refractivity contribution is 5.80. The number of aryl methyl sites for hydroxylation is 2. The third-order valence-electron chi connectivity index (χ3n) is 3.30. The number of carbonyl (C=O) groups excluding carboxylic acids is 1. The monoisotopic (exact) mass is 298 g/mol. The first-order valence-electron chi connectivity index (χ1n) is 7.28. The molecule has 0 atom stereocenters. The van der Waals surface area contributed by atoms with E-state index in [4.69, 9.17) is 4.74 Å². The molecule has 2 rings (SSSR count). The minimum Gasteiger partial charge on any atom is -0.497 e. The van der Waals surface area contributed by atoms with Crippen LogP contribution in [0.2, 0.25) is 0 Å². The van der Waals surface area contributed by atoms with E-state index in [1.807, 2.05) is 50.2 Å². The lowest BCUT2D eigenvalue weighted by Gasteiger charge is -2.10. The predicted molar refractivity (Wildman–Crippen MR) is 89.2 cm³/mol. The number of nitrogens with one attached hydrogen (secondary N) is 2. The van der Waals surface area contributed by atoms with Gasteiger partial charge in [0, 0.05) is 12.2 Å². The van der Waals surface area contributed by atoms with E-state index in [1.54, 1.807) is 7.11 Å². The Labute approximate surface area is 131 Å². The van der Waals surface area contributed by atoms with E-state index in [2.05, 4.69) is 16.7 Å². The standard InChI is InChI=1S/C18H22N2O2/c1-13-7-14(2)9-16(8-13)19-12-18(21)20-11-15-5-4-6-17(10-15)22-3/h4-10,19H,11-12H2,1-3H3,(H,20,21). The first-order valence-corrected chi connectivity index (χ1v) is 7.28. The molecular weight excluding hydrogens is 276 g/mol. The fraction of sp³-hybridized carbons (Fsp3) is 0.278. The summed E-state index contributed by atoms with van der Waals surface area (Å²) in [6, 6.07) is 13.8. The summed E-state index contributed by atoms with van der Waals surface area (Å²) in [6.07, 6.45) is 0. The number of amides is 1. The second-order valence-electron chi connectivity index (χ2n) is 5.36. The van der Waals surface area contributed by atoms with Crippen LogP contribution in [0.25, 0.3) is 0 Å². The second-order valence-corrected chi connectivity index (χ2v) is 5.36. The van der Waals surface area contributed by atoms with E-state index in [0.717, 1.165) is 17.0 Å². The van der Waals surface area contributed by atoms with Crippen LogP contribution in [0.3, 0.4) is 0 Å². The highest BCUT2D eigenvalue weighted by atomic mass is 16.5. The average molecular weight is 298 g/mol. The molecule has 0 heterocycles. The molecular formula is C18H22N2O2. The van der Waals surface area contributed by atoms with Gasteiger partial charge in [-0.1, -0.05) is 18.2 Å². The molecule has 4 heteroatoms. The van der Waals surface area contributed by atoms with Gasteiger partial charge in [0.1, 0.15) is 5.75 Å². The summed E-state index contributed by atoms with van der Waals surface area (Å²) in [7, 11) is 1.63. The van der Waals surface area contributed by atoms with Gasteiger partial charge >= 0.3 is 0 Å². The molecule has 2 N–H and O–H groups in total. The Kier molecular flexibility index (Phi) is 5.42. The summed E-state index contributed by atoms with van der Waals surface area (Å²) in [6.45, 7) is 4.83. The summed E-state index contributed by atoms with van der Waals surface area (Å²) in [4.78, 5) is 11.9. The molecule has 116 valence electrons. The minimum absolute atomic E-state index is 0.0398. The number of anilines is 1. The van der Waals surface area contributed by atoms with E-state index in [9.17, 15) is 4.79 Å². The van der Waals surface area contributed by atoms with Gasteiger partial charge < -0.3 is 15.4 Å². The maximum absolute atomic E-state index is 11.9. The Hall–Kier alpha value is -2.49. The van der Waals surface area contributed by atoms with Crippen LogP contribution in [0.4, 0.5) is 5.69 Å². The van der Waals surface area contributed by atoms with Gasteiger partial charge in [-0.25, -0.2) is 0 Å². The van der Waals surface area contributed by atoms with Crippen LogP contribution in [0.5, 0.6) is 5.75 Å². The molecule has 2 aromatic rings. The molecule has 22 heavy (non-hydrogen) atoms. The highest BCUT2D eigenvalue weighted by Crippen LogP contribution is 2.14. The average Bonchev–Trinajstić information content (AvgIpc) is 2.50. The molecule has 0 saturated heterocycles. The van der Waals surface area contributed by atoms with Crippen molar-refractivity contribution in [2.24, 2.45) is 0 Å². The first kappa shape index (κ1) is 15.9. The van der Waals surface area contributed by atoms with Crippen LogP contribution in [0, 0.1) is 13.8 Å². The van der Waals surface area contributed by atoms with Crippen molar-refractivity contribution in [3.8, 4) is 5.75 Å². The summed E-state index contributed by atoms with van der Waals surface area (Å²) < 4.78 is 5.16. The number of hydrogen-bond acceptors (Lipinski definition) is 3. The van der Waals surface area contributed by atoms with Gasteiger partial charge in [-0.15, -0.1) is 0 Å². The zero-order chi connectivity index (χ0) is 15.9. The molecule has 0 spiro atoms. The van der Waals surface area contributed by atoms with Crippen molar-refractivity contribution >= 4 is 11.6 Å². The second kappa shape index (κ2) is 7.50. The van der Waals surface area contributed by atoms with Crippen molar-refractivity contribution in [2.45, 2.75) is 20.4 Å². The van der Waals surface area contributed by atoms with Crippen LogP contribution < -0.4 is 15.4 Å². The third-order valence-corrected chi connectivity index (χ3v) is 3.30. The maximum Gasteiger partial charge on any atom is 0.239 e. The van der Waals surface area contributed by atoms with Crippen LogP contribution in [0.15, 0.2) is 42.5 Å². The van der Waals surface area contributed by atoms with Crippen LogP contribution in [-0.4, -0.2) is 19.6 Å². The Bertz CT molecular complexity index is 633. The highest BCUT2D eigenvalue weighted by Gasteiger charge is 2.03. The molecule has 0 bridgehead atoms. The molecule has 0 aromatic heterocycles. The van der Waals surface area contributed by atoms with Crippen molar-refractivity contribution in [1.29, 1.82) is 0 Å². The van der Waals surface area contributed by atoms with E-state index in [0.29, 0.717) is 6.54 Å². The predicted octanol–water partition coefficient (Wildman–Crippen LogP) is 3.04. The van der Waals surface area contributed by atoms with Crippen molar-refractivity contribution in [2.75, 3.05) is 19.0 Å². The molecule has 0 radical (unpaired) electrons. The molecule has 0 unspecified atom stereocenters. The zero-order valence-corrected chi connectivity index (χ0v) is 13.3. The van der Waals surface area contributed by atoms with E-state index in [1.165, 1.54) is 11.1 Å². The smallest absolute Gasteiger partial charge is 0.239 e. The number of ether oxygens (including phenoxy) is 1. The van der Waals surface area contributed by atoms with Gasteiger partial charge in [-0.2, -0.15) is 0 Å². The lowest BCUT2D eigenvalue weighted by Crippen LogP contribution is -2.29. The van der Waals surface area contributed by atoms with Crippen molar-refractivity contribution in [3.05, 3.63) is 59.2 Å². The minimum atomic E-state index is -0.0398. The molecule has 4 nitrogen and oxygen atoms in total. The summed E-state index contributed by atoms with van der Waals surface area (Å²) in [5, 5.41) is 6.04. The molecule has 0 aliphatic rings. The van der Waals surface area contributed by atoms with Crippen LogP contribution in [0.1, 0.15) is 16.7 Å². The van der Waals surface area contributed by atoms with Gasteiger partial charge in [0.2, 0.25) is 5.91 Å². The molecule has 2 aromatic carbocycles. The summed E-state index contributed by atoms with van der Waals surface area (Å²) in [5.74, 6) is 0.752. The van der Waals surface area contributed by atoms with E-state index >= 15 is 0 Å². The van der Waals surface area contributed by atoms with Gasteiger partial charge in [0.25, 0.3) is 0 Å². The number of methoxy groups -OCH3 is 1. The molecule has 0 aliphatic carbocycles. The number of benzene rings is 2. The fourth-order valence-corrected chi connectivity index (χ4v) is 2.30. The Morgan fingerprint density at radius 2 is 1.82 bits per heavy atom. The Balaban J connectivity index is 1.82. The lowest BCUT2D eigenvalue weighted by atomic mass is 10.1. The number of rotatable bonds is 6. The van der Waals surface area contributed by atoms with Gasteiger partial charge in [0.05, 0.1) is 13.7 Å². The number of carbonyl (C=O) groups is 1. The van der Waals surface area contributed by atoms with Crippen molar-refractivity contribution in [1.82, 2.24) is 5.32 Å². The van der Waals surface area contributed by atoms with Crippen LogP contribution in [-0.2, 0) is 11.3 Å². The number of hydrogen-bond donors (Lipinski definition) is 2. The SMILES string of the molecule is COc1cccc(CNC(=O)CNc2cc(C)cc(C)c2)c1. The Morgan fingerprint density at radius 1 is 1.09 bits per heavy atom. The van der Waals surface area contributed by atoms with Crippen molar-refractivity contribution in [3.63, 3.8) is 0 Å². The van der Waals surface area contributed by atoms with E-state index in [-0.39, 0.29) is 12.5 Å². The van der Waals surface area contributed by atoms with Gasteiger partial charge in [-0.3, -0.25) is 4.79 Å². The Morgan fingerprint density at radius 3 is 2.50 bits per heavy atom.